The fraction of sp³-hybridized carbons (Fsp3) is 0.364. The molecule has 0 saturated carbocycles. The summed E-state index contributed by atoms with van der Waals surface area (Å²) in [6, 6.07) is 9.56. The van der Waals surface area contributed by atoms with E-state index in [2.05, 4.69) is 9.88 Å². The van der Waals surface area contributed by atoms with Crippen molar-refractivity contribution in [3.8, 4) is 5.75 Å². The summed E-state index contributed by atoms with van der Waals surface area (Å²) in [7, 11) is 0. The van der Waals surface area contributed by atoms with Crippen molar-refractivity contribution in [1.82, 2.24) is 9.88 Å². The predicted molar refractivity (Wildman–Crippen MR) is 136 cm³/mol. The SMILES string of the molecule is CCOc1ccc2nc(N(CCN(CC)CC)C(=O)c3cc(Cl)ccc3[N+](=O)[O-])sc2c1.Cl. The number of carbonyl (C=O) groups excluding carboxylic acids is 1. The fourth-order valence-corrected chi connectivity index (χ4v) is 4.50. The Morgan fingerprint density at radius 1 is 1.15 bits per heavy atom. The van der Waals surface area contributed by atoms with Gasteiger partial charge >= 0.3 is 0 Å². The lowest BCUT2D eigenvalue weighted by atomic mass is 10.1. The summed E-state index contributed by atoms with van der Waals surface area (Å²) in [5, 5.41) is 12.3. The van der Waals surface area contributed by atoms with E-state index in [4.69, 9.17) is 16.3 Å². The first-order valence-electron chi connectivity index (χ1n) is 10.4. The molecule has 0 saturated heterocycles. The van der Waals surface area contributed by atoms with Crippen molar-refractivity contribution in [2.24, 2.45) is 0 Å². The van der Waals surface area contributed by atoms with E-state index in [0.29, 0.717) is 24.8 Å². The predicted octanol–water partition coefficient (Wildman–Crippen LogP) is 5.67. The molecule has 11 heteroatoms. The molecule has 3 aromatic rings. The van der Waals surface area contributed by atoms with E-state index in [-0.39, 0.29) is 28.7 Å². The Labute approximate surface area is 207 Å². The maximum absolute atomic E-state index is 13.5. The molecule has 0 radical (unpaired) electrons. The highest BCUT2D eigenvalue weighted by molar-refractivity contribution is 7.22. The molecule has 2 aromatic carbocycles. The van der Waals surface area contributed by atoms with Crippen LogP contribution in [0.4, 0.5) is 10.8 Å². The molecule has 8 nitrogen and oxygen atoms in total. The minimum Gasteiger partial charge on any atom is -0.494 e. The Morgan fingerprint density at radius 2 is 1.88 bits per heavy atom. The van der Waals surface area contributed by atoms with Crippen molar-refractivity contribution in [1.29, 1.82) is 0 Å². The molecule has 3 rings (SSSR count). The number of rotatable bonds is 10. The van der Waals surface area contributed by atoms with Gasteiger partial charge in [-0.05, 0) is 50.3 Å². The molecule has 1 heterocycles. The molecule has 178 valence electrons. The van der Waals surface area contributed by atoms with Crippen LogP contribution in [0.1, 0.15) is 31.1 Å². The maximum atomic E-state index is 13.5. The number of halogens is 2. The monoisotopic (exact) mass is 512 g/mol. The van der Waals surface area contributed by atoms with Crippen LogP contribution in [0.25, 0.3) is 10.2 Å². The molecule has 1 amide bonds. The van der Waals surface area contributed by atoms with Crippen LogP contribution in [0.3, 0.4) is 0 Å². The number of thiazole rings is 1. The zero-order valence-corrected chi connectivity index (χ0v) is 21.0. The number of benzene rings is 2. The van der Waals surface area contributed by atoms with Crippen LogP contribution in [0, 0.1) is 10.1 Å². The number of hydrogen-bond acceptors (Lipinski definition) is 7. The maximum Gasteiger partial charge on any atom is 0.282 e. The summed E-state index contributed by atoms with van der Waals surface area (Å²) in [4.78, 5) is 32.8. The molecule has 0 unspecified atom stereocenters. The Hall–Kier alpha value is -2.46. The molecule has 0 N–H and O–H groups in total. The molecule has 0 aliphatic heterocycles. The number of hydrogen-bond donors (Lipinski definition) is 0. The summed E-state index contributed by atoms with van der Waals surface area (Å²) in [6.45, 7) is 9.14. The van der Waals surface area contributed by atoms with Crippen LogP contribution in [0.15, 0.2) is 36.4 Å². The first kappa shape index (κ1) is 26.8. The van der Waals surface area contributed by atoms with Crippen LogP contribution in [0.2, 0.25) is 5.02 Å². The second-order valence-corrected chi connectivity index (χ2v) is 8.41. The highest BCUT2D eigenvalue weighted by atomic mass is 35.5. The van der Waals surface area contributed by atoms with Crippen molar-refractivity contribution in [3.05, 3.63) is 57.1 Å². The lowest BCUT2D eigenvalue weighted by Gasteiger charge is -2.24. The zero-order valence-electron chi connectivity index (χ0n) is 18.6. The van der Waals surface area contributed by atoms with Crippen molar-refractivity contribution in [2.45, 2.75) is 20.8 Å². The number of likely N-dealkylation sites (N-methyl/N-ethyl adjacent to an activating group) is 1. The molecular weight excluding hydrogens is 487 g/mol. The lowest BCUT2D eigenvalue weighted by Crippen LogP contribution is -2.39. The smallest absolute Gasteiger partial charge is 0.282 e. The van der Waals surface area contributed by atoms with Crippen molar-refractivity contribution in [3.63, 3.8) is 0 Å². The molecule has 1 aromatic heterocycles. The van der Waals surface area contributed by atoms with E-state index in [9.17, 15) is 14.9 Å². The van der Waals surface area contributed by atoms with Gasteiger partial charge < -0.3 is 9.64 Å². The third-order valence-electron chi connectivity index (χ3n) is 5.06. The van der Waals surface area contributed by atoms with Gasteiger partial charge in [0.05, 0.1) is 21.7 Å². The first-order chi connectivity index (χ1) is 15.4. The van der Waals surface area contributed by atoms with Crippen LogP contribution in [-0.4, -0.2) is 53.5 Å². The number of anilines is 1. The molecule has 33 heavy (non-hydrogen) atoms. The number of carbonyl (C=O) groups is 1. The summed E-state index contributed by atoms with van der Waals surface area (Å²) in [5.41, 5.74) is 0.387. The van der Waals surface area contributed by atoms with E-state index in [1.807, 2.05) is 39.0 Å². The van der Waals surface area contributed by atoms with Gasteiger partial charge in [-0.3, -0.25) is 19.8 Å². The third kappa shape index (κ3) is 6.32. The van der Waals surface area contributed by atoms with Crippen molar-refractivity contribution in [2.75, 3.05) is 37.7 Å². The van der Waals surface area contributed by atoms with Gasteiger partial charge in [0.25, 0.3) is 11.6 Å². The van der Waals surface area contributed by atoms with E-state index in [0.717, 1.165) is 29.1 Å². The van der Waals surface area contributed by atoms with Gasteiger partial charge in [0.1, 0.15) is 11.3 Å². The molecule has 0 bridgehead atoms. The lowest BCUT2D eigenvalue weighted by molar-refractivity contribution is -0.385. The van der Waals surface area contributed by atoms with Crippen LogP contribution >= 0.6 is 35.3 Å². The Kier molecular flexibility index (Phi) is 9.85. The number of nitro groups is 1. The molecule has 0 fully saturated rings. The third-order valence-corrected chi connectivity index (χ3v) is 6.33. The van der Waals surface area contributed by atoms with E-state index < -0.39 is 10.8 Å². The first-order valence-corrected chi connectivity index (χ1v) is 11.6. The summed E-state index contributed by atoms with van der Waals surface area (Å²) >= 11 is 7.42. The van der Waals surface area contributed by atoms with Gasteiger partial charge in [0.15, 0.2) is 5.13 Å². The van der Waals surface area contributed by atoms with Crippen LogP contribution in [0.5, 0.6) is 5.75 Å². The number of amides is 1. The van der Waals surface area contributed by atoms with Crippen LogP contribution in [-0.2, 0) is 0 Å². The van der Waals surface area contributed by atoms with Gasteiger partial charge in [-0.1, -0.05) is 36.8 Å². The quantitative estimate of drug-likeness (QED) is 0.257. The molecule has 0 atom stereocenters. The van der Waals surface area contributed by atoms with Crippen molar-refractivity contribution < 1.29 is 14.5 Å². The van der Waals surface area contributed by atoms with Crippen LogP contribution < -0.4 is 9.64 Å². The van der Waals surface area contributed by atoms with E-state index in [1.165, 1.54) is 34.4 Å². The van der Waals surface area contributed by atoms with Gasteiger partial charge in [-0.15, -0.1) is 12.4 Å². The minimum atomic E-state index is -0.571. The summed E-state index contributed by atoms with van der Waals surface area (Å²) in [5.74, 6) is 0.220. The number of nitro benzene ring substituents is 1. The standard InChI is InChI=1S/C22H25ClN4O4S.ClH/c1-4-25(5-2)11-12-26(21(28)17-13-15(23)7-10-19(17)27(29)30)22-24-18-9-8-16(31-6-3)14-20(18)32-22;/h7-10,13-14H,4-6,11-12H2,1-3H3;1H. The second-order valence-electron chi connectivity index (χ2n) is 6.96. The van der Waals surface area contributed by atoms with Gasteiger partial charge in [0.2, 0.25) is 0 Å². The summed E-state index contributed by atoms with van der Waals surface area (Å²) < 4.78 is 6.43. The Bertz CT molecular complexity index is 1120. The summed E-state index contributed by atoms with van der Waals surface area (Å²) in [6.07, 6.45) is 0. The number of nitrogens with zero attached hydrogens (tertiary/aromatic N) is 4. The highest BCUT2D eigenvalue weighted by Crippen LogP contribution is 2.33. The molecular formula is C22H26Cl2N4O4S. The van der Waals surface area contributed by atoms with E-state index in [1.54, 1.807) is 0 Å². The average molecular weight is 513 g/mol. The number of aromatic nitrogens is 1. The zero-order chi connectivity index (χ0) is 23.3. The minimum absolute atomic E-state index is 0. The Morgan fingerprint density at radius 3 is 2.52 bits per heavy atom. The average Bonchev–Trinajstić information content (AvgIpc) is 3.19. The van der Waals surface area contributed by atoms with Crippen molar-refractivity contribution >= 4 is 62.3 Å². The normalized spacial score (nSPS) is 10.8. The second kappa shape index (κ2) is 12.1. The molecule has 0 aliphatic rings. The topological polar surface area (TPSA) is 88.8 Å². The highest BCUT2D eigenvalue weighted by Gasteiger charge is 2.28. The van der Waals surface area contributed by atoms with Gasteiger partial charge in [-0.2, -0.15) is 0 Å². The number of fused-ring (bicyclic) bond motifs is 1. The molecule has 0 aliphatic carbocycles. The van der Waals surface area contributed by atoms with Gasteiger partial charge in [0, 0.05) is 24.2 Å². The van der Waals surface area contributed by atoms with Gasteiger partial charge in [-0.25, -0.2) is 4.98 Å². The largest absolute Gasteiger partial charge is 0.494 e. The number of ether oxygens (including phenoxy) is 1. The fourth-order valence-electron chi connectivity index (χ4n) is 3.31. The van der Waals surface area contributed by atoms with E-state index >= 15 is 0 Å². The Balaban J connectivity index is 0.00000385. The molecule has 0 spiro atoms.